The van der Waals surface area contributed by atoms with Gasteiger partial charge in [0.15, 0.2) is 0 Å². The maximum absolute atomic E-state index is 5.36. The Bertz CT molecular complexity index is 2590. The molecule has 9 aromatic rings. The summed E-state index contributed by atoms with van der Waals surface area (Å²) in [4.78, 5) is 5.36. The predicted octanol–water partition coefficient (Wildman–Crippen LogP) is 11.9. The van der Waals surface area contributed by atoms with Crippen LogP contribution in [-0.2, 0) is 5.41 Å². The number of pyridine rings is 1. The highest BCUT2D eigenvalue weighted by Gasteiger charge is 2.46. The number of hydrogen-bond donors (Lipinski definition) is 0. The smallest absolute Gasteiger partial charge is 0.138 e. The fraction of sp³-hybridized carbons (Fsp3) is 0.0208. The molecule has 0 aliphatic heterocycles. The minimum absolute atomic E-state index is 0.461. The molecule has 0 N–H and O–H groups in total. The van der Waals surface area contributed by atoms with Gasteiger partial charge in [-0.25, -0.2) is 4.98 Å². The number of hydrogen-bond acceptors (Lipinski definition) is 1. The van der Waals surface area contributed by atoms with Gasteiger partial charge < -0.3 is 0 Å². The molecule has 2 heterocycles. The topological polar surface area (TPSA) is 17.8 Å². The molecule has 234 valence electrons. The Kier molecular flexibility index (Phi) is 6.43. The van der Waals surface area contributed by atoms with Gasteiger partial charge in [0.2, 0.25) is 0 Å². The summed E-state index contributed by atoms with van der Waals surface area (Å²) < 4.78 is 2.35. The van der Waals surface area contributed by atoms with Crippen molar-refractivity contribution >= 4 is 21.8 Å². The lowest BCUT2D eigenvalue weighted by molar-refractivity contribution is 0.770. The number of fused-ring (bicyclic) bond motifs is 6. The summed E-state index contributed by atoms with van der Waals surface area (Å²) in [6.45, 7) is 0. The van der Waals surface area contributed by atoms with Crippen molar-refractivity contribution in [2.45, 2.75) is 5.41 Å². The molecule has 0 atom stereocenters. The Balaban J connectivity index is 1.27. The second-order valence-electron chi connectivity index (χ2n) is 13.1. The van der Waals surface area contributed by atoms with Crippen LogP contribution in [0, 0.1) is 0 Å². The van der Waals surface area contributed by atoms with Crippen LogP contribution in [0.3, 0.4) is 0 Å². The highest BCUT2D eigenvalue weighted by Crippen LogP contribution is 2.56. The van der Waals surface area contributed by atoms with Crippen LogP contribution in [0.15, 0.2) is 194 Å². The van der Waals surface area contributed by atoms with Gasteiger partial charge in [-0.05, 0) is 74.8 Å². The van der Waals surface area contributed by atoms with E-state index in [1.165, 1.54) is 49.7 Å². The molecule has 0 spiro atoms. The highest BCUT2D eigenvalue weighted by molar-refractivity contribution is 6.10. The van der Waals surface area contributed by atoms with Crippen molar-refractivity contribution in [3.05, 3.63) is 216 Å². The standard InChI is InChI=1S/C48H32N2/c1-4-16-33(17-5-1)35-30-44(34-18-6-2-7-19-34)49-47(31-35)50-45-27-15-12-24-40(45)41-32-37(28-29-46(41)50)48(36-20-8-3-9-21-36)42-25-13-10-22-38(42)39-23-11-14-26-43(39)48/h1-32H. The molecular formula is C48H32N2. The van der Waals surface area contributed by atoms with Crippen LogP contribution in [0.1, 0.15) is 22.3 Å². The van der Waals surface area contributed by atoms with Gasteiger partial charge in [0.05, 0.1) is 22.1 Å². The Morgan fingerprint density at radius 3 is 1.64 bits per heavy atom. The number of aromatic nitrogens is 2. The molecule has 50 heavy (non-hydrogen) atoms. The summed E-state index contributed by atoms with van der Waals surface area (Å²) in [5.41, 5.74) is 13.9. The zero-order valence-electron chi connectivity index (χ0n) is 27.4. The van der Waals surface area contributed by atoms with Gasteiger partial charge in [0.1, 0.15) is 5.82 Å². The maximum Gasteiger partial charge on any atom is 0.138 e. The molecule has 0 unspecified atom stereocenters. The molecule has 2 heteroatoms. The van der Waals surface area contributed by atoms with E-state index in [-0.39, 0.29) is 0 Å². The van der Waals surface area contributed by atoms with E-state index in [1.807, 2.05) is 0 Å². The van der Waals surface area contributed by atoms with E-state index in [0.717, 1.165) is 33.7 Å². The average Bonchev–Trinajstić information content (AvgIpc) is 3.69. The first-order valence-corrected chi connectivity index (χ1v) is 17.2. The van der Waals surface area contributed by atoms with E-state index in [4.69, 9.17) is 4.98 Å². The Morgan fingerprint density at radius 1 is 0.380 bits per heavy atom. The third kappa shape index (κ3) is 4.18. The Morgan fingerprint density at radius 2 is 0.940 bits per heavy atom. The van der Waals surface area contributed by atoms with Crippen molar-refractivity contribution in [1.29, 1.82) is 0 Å². The second kappa shape index (κ2) is 11.3. The molecule has 10 rings (SSSR count). The molecule has 0 radical (unpaired) electrons. The summed E-state index contributed by atoms with van der Waals surface area (Å²) in [6, 6.07) is 70.3. The van der Waals surface area contributed by atoms with Crippen molar-refractivity contribution in [1.82, 2.24) is 9.55 Å². The molecular weight excluding hydrogens is 605 g/mol. The average molecular weight is 637 g/mol. The van der Waals surface area contributed by atoms with E-state index in [1.54, 1.807) is 0 Å². The summed E-state index contributed by atoms with van der Waals surface area (Å²) in [5.74, 6) is 0.901. The quantitative estimate of drug-likeness (QED) is 0.184. The molecule has 0 saturated carbocycles. The second-order valence-corrected chi connectivity index (χ2v) is 13.1. The Labute approximate surface area is 291 Å². The summed E-state index contributed by atoms with van der Waals surface area (Å²) in [5, 5.41) is 2.42. The van der Waals surface area contributed by atoms with Crippen molar-refractivity contribution in [2.75, 3.05) is 0 Å². The first-order valence-electron chi connectivity index (χ1n) is 17.2. The van der Waals surface area contributed by atoms with Gasteiger partial charge in [0, 0.05) is 16.3 Å². The van der Waals surface area contributed by atoms with Gasteiger partial charge in [-0.15, -0.1) is 0 Å². The Hall–Kier alpha value is -6.51. The van der Waals surface area contributed by atoms with Crippen molar-refractivity contribution in [2.24, 2.45) is 0 Å². The van der Waals surface area contributed by atoms with E-state index in [9.17, 15) is 0 Å². The maximum atomic E-state index is 5.36. The molecule has 0 bridgehead atoms. The van der Waals surface area contributed by atoms with Crippen molar-refractivity contribution in [3.63, 3.8) is 0 Å². The van der Waals surface area contributed by atoms with Crippen molar-refractivity contribution < 1.29 is 0 Å². The molecule has 7 aromatic carbocycles. The fourth-order valence-electron chi connectivity index (χ4n) is 8.35. The lowest BCUT2D eigenvalue weighted by atomic mass is 9.67. The van der Waals surface area contributed by atoms with E-state index < -0.39 is 5.41 Å². The van der Waals surface area contributed by atoms with Gasteiger partial charge in [-0.2, -0.15) is 0 Å². The lowest BCUT2D eigenvalue weighted by Crippen LogP contribution is -2.28. The van der Waals surface area contributed by atoms with Gasteiger partial charge in [0.25, 0.3) is 0 Å². The zero-order valence-corrected chi connectivity index (χ0v) is 27.4. The van der Waals surface area contributed by atoms with E-state index in [0.29, 0.717) is 0 Å². The molecule has 1 aliphatic carbocycles. The van der Waals surface area contributed by atoms with Crippen LogP contribution in [0.25, 0.3) is 61.1 Å². The fourth-order valence-corrected chi connectivity index (χ4v) is 8.35. The summed E-state index contributed by atoms with van der Waals surface area (Å²) in [7, 11) is 0. The van der Waals surface area contributed by atoms with Gasteiger partial charge >= 0.3 is 0 Å². The predicted molar refractivity (Wildman–Crippen MR) is 207 cm³/mol. The monoisotopic (exact) mass is 636 g/mol. The molecule has 2 nitrogen and oxygen atoms in total. The minimum Gasteiger partial charge on any atom is -0.294 e. The first-order chi connectivity index (χ1) is 24.8. The van der Waals surface area contributed by atoms with Crippen molar-refractivity contribution in [3.8, 4) is 39.3 Å². The van der Waals surface area contributed by atoms with Crippen LogP contribution < -0.4 is 0 Å². The normalized spacial score (nSPS) is 13.0. The molecule has 1 aliphatic rings. The largest absolute Gasteiger partial charge is 0.294 e. The van der Waals surface area contributed by atoms with Gasteiger partial charge in [-0.3, -0.25) is 4.57 Å². The van der Waals surface area contributed by atoms with E-state index in [2.05, 4.69) is 199 Å². The lowest BCUT2D eigenvalue weighted by Gasteiger charge is -2.34. The first kappa shape index (κ1) is 28.5. The molecule has 0 fully saturated rings. The minimum atomic E-state index is -0.461. The third-order valence-corrected chi connectivity index (χ3v) is 10.5. The van der Waals surface area contributed by atoms with Crippen LogP contribution in [0.5, 0.6) is 0 Å². The van der Waals surface area contributed by atoms with Crippen LogP contribution in [0.4, 0.5) is 0 Å². The SMILES string of the molecule is c1ccc(-c2cc(-c3ccccc3)nc(-n3c4ccccc4c4cc(C5(c6ccccc6)c6ccccc6-c6ccccc65)ccc43)c2)cc1. The van der Waals surface area contributed by atoms with Gasteiger partial charge in [-0.1, -0.05) is 164 Å². The third-order valence-electron chi connectivity index (χ3n) is 10.5. The summed E-state index contributed by atoms with van der Waals surface area (Å²) >= 11 is 0. The highest BCUT2D eigenvalue weighted by atomic mass is 15.1. The number of para-hydroxylation sites is 1. The number of rotatable bonds is 5. The number of nitrogens with zero attached hydrogens (tertiary/aromatic N) is 2. The van der Waals surface area contributed by atoms with Crippen LogP contribution >= 0.6 is 0 Å². The molecule has 0 saturated heterocycles. The van der Waals surface area contributed by atoms with Crippen LogP contribution in [0.2, 0.25) is 0 Å². The van der Waals surface area contributed by atoms with Crippen LogP contribution in [-0.4, -0.2) is 9.55 Å². The van der Waals surface area contributed by atoms with E-state index >= 15 is 0 Å². The summed E-state index contributed by atoms with van der Waals surface area (Å²) in [6.07, 6.45) is 0. The number of benzene rings is 7. The zero-order chi connectivity index (χ0) is 33.1. The molecule has 0 amide bonds. The molecule has 2 aromatic heterocycles.